The molecule has 1 aromatic heterocycles. The number of rotatable bonds is 2. The summed E-state index contributed by atoms with van der Waals surface area (Å²) in [6.07, 6.45) is 1.55. The summed E-state index contributed by atoms with van der Waals surface area (Å²) >= 11 is 0. The number of quaternary nitrogens is 1. The number of fused-ring (bicyclic) bond motifs is 1. The average molecular weight is 245 g/mol. The van der Waals surface area contributed by atoms with Gasteiger partial charge < -0.3 is 14.7 Å². The van der Waals surface area contributed by atoms with Crippen molar-refractivity contribution >= 4 is 10.9 Å². The molecule has 1 aliphatic heterocycles. The van der Waals surface area contributed by atoms with Crippen molar-refractivity contribution in [1.82, 2.24) is 4.98 Å². The Morgan fingerprint density at radius 1 is 1.22 bits per heavy atom. The van der Waals surface area contributed by atoms with E-state index in [2.05, 4.69) is 4.98 Å². The van der Waals surface area contributed by atoms with Gasteiger partial charge in [0, 0.05) is 5.39 Å². The van der Waals surface area contributed by atoms with Gasteiger partial charge in [0.05, 0.1) is 30.5 Å². The molecule has 94 valence electrons. The number of ether oxygens (including phenoxy) is 1. The van der Waals surface area contributed by atoms with Crippen LogP contribution in [0.4, 0.5) is 0 Å². The minimum atomic E-state index is 0.299. The Kier molecular flexibility index (Phi) is 3.13. The molecule has 2 heterocycles. The Bertz CT molecular complexity index is 550. The summed E-state index contributed by atoms with van der Waals surface area (Å²) in [5.74, 6) is 0.299. The molecule has 0 radical (unpaired) electrons. The predicted octanol–water partition coefficient (Wildman–Crippen LogP) is 0.355. The standard InChI is InChI=1S/C14H16N2O2/c17-14-9-15-13-4-2-1-3-11(13)12(14)10-16-5-7-18-8-6-16/h1-4,9,17H,5-8,10H2/p+1. The lowest BCUT2D eigenvalue weighted by atomic mass is 10.1. The highest BCUT2D eigenvalue weighted by molar-refractivity contribution is 5.83. The van der Waals surface area contributed by atoms with Gasteiger partial charge in [0.25, 0.3) is 0 Å². The quantitative estimate of drug-likeness (QED) is 0.803. The highest BCUT2D eigenvalue weighted by atomic mass is 16.5. The smallest absolute Gasteiger partial charge is 0.143 e. The van der Waals surface area contributed by atoms with Crippen LogP contribution in [0.15, 0.2) is 30.5 Å². The van der Waals surface area contributed by atoms with Crippen molar-refractivity contribution in [1.29, 1.82) is 0 Å². The Labute approximate surface area is 106 Å². The van der Waals surface area contributed by atoms with Crippen LogP contribution in [-0.2, 0) is 11.3 Å². The lowest BCUT2D eigenvalue weighted by molar-refractivity contribution is -0.921. The fourth-order valence-electron chi connectivity index (χ4n) is 2.46. The number of aromatic nitrogens is 1. The van der Waals surface area contributed by atoms with E-state index in [-0.39, 0.29) is 0 Å². The zero-order valence-corrected chi connectivity index (χ0v) is 10.2. The summed E-state index contributed by atoms with van der Waals surface area (Å²) in [6, 6.07) is 7.96. The highest BCUT2D eigenvalue weighted by Gasteiger charge is 2.18. The van der Waals surface area contributed by atoms with Crippen molar-refractivity contribution in [3.63, 3.8) is 0 Å². The second-order valence-corrected chi connectivity index (χ2v) is 4.68. The van der Waals surface area contributed by atoms with Crippen molar-refractivity contribution in [2.75, 3.05) is 26.3 Å². The number of pyridine rings is 1. The van der Waals surface area contributed by atoms with Gasteiger partial charge in [-0.1, -0.05) is 18.2 Å². The first-order valence-electron chi connectivity index (χ1n) is 6.31. The second-order valence-electron chi connectivity index (χ2n) is 4.68. The molecule has 0 bridgehead atoms. The summed E-state index contributed by atoms with van der Waals surface area (Å²) in [4.78, 5) is 5.70. The van der Waals surface area contributed by atoms with Crippen molar-refractivity contribution in [2.24, 2.45) is 0 Å². The maximum Gasteiger partial charge on any atom is 0.143 e. The van der Waals surface area contributed by atoms with Gasteiger partial charge in [-0.25, -0.2) is 0 Å². The molecule has 4 nitrogen and oxygen atoms in total. The number of morpholine rings is 1. The van der Waals surface area contributed by atoms with Gasteiger partial charge in [0.2, 0.25) is 0 Å². The average Bonchev–Trinajstić information content (AvgIpc) is 2.43. The van der Waals surface area contributed by atoms with Crippen LogP contribution in [0.3, 0.4) is 0 Å². The third-order valence-corrected chi connectivity index (χ3v) is 3.49. The van der Waals surface area contributed by atoms with Crippen LogP contribution in [0.25, 0.3) is 10.9 Å². The number of aromatic hydroxyl groups is 1. The summed E-state index contributed by atoms with van der Waals surface area (Å²) in [7, 11) is 0. The fourth-order valence-corrected chi connectivity index (χ4v) is 2.46. The second kappa shape index (κ2) is 4.92. The monoisotopic (exact) mass is 245 g/mol. The van der Waals surface area contributed by atoms with Gasteiger partial charge in [-0.3, -0.25) is 4.98 Å². The lowest BCUT2D eigenvalue weighted by Gasteiger charge is -2.24. The van der Waals surface area contributed by atoms with Crippen LogP contribution in [0.5, 0.6) is 5.75 Å². The van der Waals surface area contributed by atoms with Crippen molar-refractivity contribution in [2.45, 2.75) is 6.54 Å². The largest absolute Gasteiger partial charge is 0.506 e. The third-order valence-electron chi connectivity index (χ3n) is 3.49. The van der Waals surface area contributed by atoms with Crippen molar-refractivity contribution in [3.05, 3.63) is 36.0 Å². The van der Waals surface area contributed by atoms with E-state index < -0.39 is 0 Å². The van der Waals surface area contributed by atoms with E-state index in [1.807, 2.05) is 24.3 Å². The number of hydrogen-bond donors (Lipinski definition) is 2. The van der Waals surface area contributed by atoms with E-state index >= 15 is 0 Å². The number of benzene rings is 1. The molecule has 1 fully saturated rings. The maximum absolute atomic E-state index is 10.0. The molecule has 0 aliphatic carbocycles. The molecule has 1 aromatic carbocycles. The zero-order valence-electron chi connectivity index (χ0n) is 10.2. The van der Waals surface area contributed by atoms with E-state index in [1.54, 1.807) is 6.20 Å². The molecule has 2 N–H and O–H groups in total. The Hall–Kier alpha value is -1.65. The number of hydrogen-bond acceptors (Lipinski definition) is 3. The number of nitrogens with zero attached hydrogens (tertiary/aromatic N) is 1. The van der Waals surface area contributed by atoms with Crippen LogP contribution in [0, 0.1) is 0 Å². The molecular weight excluding hydrogens is 228 g/mol. The Balaban J connectivity index is 1.96. The molecule has 3 rings (SSSR count). The highest BCUT2D eigenvalue weighted by Crippen LogP contribution is 2.24. The van der Waals surface area contributed by atoms with Gasteiger partial charge in [-0.2, -0.15) is 0 Å². The van der Waals surface area contributed by atoms with E-state index in [1.165, 1.54) is 4.90 Å². The molecular formula is C14H17N2O2+. The number of para-hydroxylation sites is 1. The van der Waals surface area contributed by atoms with Crippen molar-refractivity contribution < 1.29 is 14.7 Å². The van der Waals surface area contributed by atoms with Crippen LogP contribution >= 0.6 is 0 Å². The summed E-state index contributed by atoms with van der Waals surface area (Å²) < 4.78 is 5.36. The summed E-state index contributed by atoms with van der Waals surface area (Å²) in [5.41, 5.74) is 1.94. The van der Waals surface area contributed by atoms with E-state index in [9.17, 15) is 5.11 Å². The van der Waals surface area contributed by atoms with Crippen LogP contribution in [-0.4, -0.2) is 36.4 Å². The first-order chi connectivity index (χ1) is 8.84. The molecule has 0 atom stereocenters. The van der Waals surface area contributed by atoms with E-state index in [0.717, 1.165) is 49.3 Å². The molecule has 4 heteroatoms. The summed E-state index contributed by atoms with van der Waals surface area (Å²) in [5, 5.41) is 11.1. The van der Waals surface area contributed by atoms with Crippen LogP contribution in [0.2, 0.25) is 0 Å². The molecule has 0 spiro atoms. The van der Waals surface area contributed by atoms with Gasteiger partial charge in [-0.15, -0.1) is 0 Å². The summed E-state index contributed by atoms with van der Waals surface area (Å²) in [6.45, 7) is 4.43. The minimum Gasteiger partial charge on any atom is -0.506 e. The SMILES string of the molecule is Oc1cnc2ccccc2c1C[NH+]1CCOCC1. The minimum absolute atomic E-state index is 0.299. The van der Waals surface area contributed by atoms with Crippen LogP contribution in [0.1, 0.15) is 5.56 Å². The number of nitrogens with one attached hydrogen (secondary N) is 1. The molecule has 0 amide bonds. The first kappa shape index (κ1) is 11.4. The molecule has 0 saturated carbocycles. The molecule has 0 unspecified atom stereocenters. The Morgan fingerprint density at radius 3 is 2.83 bits per heavy atom. The van der Waals surface area contributed by atoms with Gasteiger partial charge in [-0.05, 0) is 6.07 Å². The fraction of sp³-hybridized carbons (Fsp3) is 0.357. The lowest BCUT2D eigenvalue weighted by Crippen LogP contribution is -3.12. The molecule has 18 heavy (non-hydrogen) atoms. The van der Waals surface area contributed by atoms with Crippen molar-refractivity contribution in [3.8, 4) is 5.75 Å². The maximum atomic E-state index is 10.0. The van der Waals surface area contributed by atoms with Gasteiger partial charge in [0.1, 0.15) is 25.4 Å². The predicted molar refractivity (Wildman–Crippen MR) is 68.6 cm³/mol. The third kappa shape index (κ3) is 2.17. The van der Waals surface area contributed by atoms with E-state index in [4.69, 9.17) is 4.74 Å². The molecule has 2 aromatic rings. The van der Waals surface area contributed by atoms with E-state index in [0.29, 0.717) is 5.75 Å². The normalized spacial score (nSPS) is 17.1. The Morgan fingerprint density at radius 2 is 2.00 bits per heavy atom. The molecule has 1 aliphatic rings. The van der Waals surface area contributed by atoms with Crippen LogP contribution < -0.4 is 4.90 Å². The van der Waals surface area contributed by atoms with Gasteiger partial charge in [0.15, 0.2) is 0 Å². The van der Waals surface area contributed by atoms with Gasteiger partial charge >= 0.3 is 0 Å². The zero-order chi connectivity index (χ0) is 12.4. The first-order valence-corrected chi connectivity index (χ1v) is 6.31. The molecule has 1 saturated heterocycles. The topological polar surface area (TPSA) is 46.8 Å².